The van der Waals surface area contributed by atoms with E-state index in [1.165, 1.54) is 55.8 Å². The van der Waals surface area contributed by atoms with Crippen LogP contribution in [-0.4, -0.2) is 95.3 Å². The lowest BCUT2D eigenvalue weighted by Crippen LogP contribution is -2.45. The van der Waals surface area contributed by atoms with Crippen molar-refractivity contribution in [3.63, 3.8) is 0 Å². The van der Waals surface area contributed by atoms with Crippen molar-refractivity contribution in [3.8, 4) is 0 Å². The Morgan fingerprint density at radius 3 is 2.25 bits per heavy atom. The summed E-state index contributed by atoms with van der Waals surface area (Å²) in [5, 5.41) is 22.0. The van der Waals surface area contributed by atoms with Gasteiger partial charge < -0.3 is 35.8 Å². The van der Waals surface area contributed by atoms with Crippen LogP contribution in [0, 0.1) is 17.2 Å². The van der Waals surface area contributed by atoms with Gasteiger partial charge in [-0.15, -0.1) is 11.3 Å². The van der Waals surface area contributed by atoms with Crippen molar-refractivity contribution in [2.24, 2.45) is 11.3 Å². The predicted octanol–water partition coefficient (Wildman–Crippen LogP) is 8.51. The number of piperidine rings is 1. The number of benzene rings is 1. The standard InChI is InChI=1S/C36H57FN4O5S.C6H13N.CH4O/c1-8-11-13-14-18-41(32(42)15-12-9-2)30(24(4)5)21-31(46-10-3)34-40-29(23-47-34)33(43)39-26(22-36(6,7)35(44)45)19-25-16-17-28(38)27(37)20-25;1-7-5-3-2-4-6-7;1-2/h16-17,20,23-24,26,30-31H,8-15,18-19,21-22,38H2,1-7H3,(H,39,43)(H,44,45);2-6H2,1H3;2H,1H3. The Kier molecular flexibility index (Phi) is 25.0. The fraction of sp³-hybridized carbons (Fsp3) is 0.721. The number of unbranched alkanes of at least 4 members (excludes halogenated alkanes) is 4. The van der Waals surface area contributed by atoms with Crippen LogP contribution in [0.1, 0.15) is 153 Å². The highest BCUT2D eigenvalue weighted by molar-refractivity contribution is 7.09. The lowest BCUT2D eigenvalue weighted by molar-refractivity contribution is -0.147. The number of aromatic nitrogens is 1. The molecule has 0 bridgehead atoms. The third kappa shape index (κ3) is 18.4. The number of carbonyl (C=O) groups excluding carboxylic acids is 2. The topological polar surface area (TPSA) is 158 Å². The maximum atomic E-state index is 14.2. The normalized spacial score (nSPS) is 14.8. The van der Waals surface area contributed by atoms with Crippen LogP contribution in [0.2, 0.25) is 0 Å². The Morgan fingerprint density at radius 2 is 1.71 bits per heavy atom. The van der Waals surface area contributed by atoms with Gasteiger partial charge in [-0.3, -0.25) is 14.4 Å². The van der Waals surface area contributed by atoms with Crippen molar-refractivity contribution in [2.75, 3.05) is 46.1 Å². The van der Waals surface area contributed by atoms with E-state index in [0.29, 0.717) is 36.6 Å². The minimum atomic E-state index is -1.14. The highest BCUT2D eigenvalue weighted by Crippen LogP contribution is 2.32. The molecular formula is C43H74FN5O6S. The van der Waals surface area contributed by atoms with Crippen molar-refractivity contribution >= 4 is 34.8 Å². The summed E-state index contributed by atoms with van der Waals surface area (Å²) in [5.74, 6) is -1.65. The van der Waals surface area contributed by atoms with Crippen LogP contribution in [0.5, 0.6) is 0 Å². The Morgan fingerprint density at radius 1 is 1.05 bits per heavy atom. The molecule has 2 aromatic rings. The van der Waals surface area contributed by atoms with E-state index in [-0.39, 0.29) is 42.1 Å². The van der Waals surface area contributed by atoms with Gasteiger partial charge in [0, 0.05) is 50.6 Å². The van der Waals surface area contributed by atoms with E-state index in [2.05, 4.69) is 54.8 Å². The molecular weight excluding hydrogens is 734 g/mol. The van der Waals surface area contributed by atoms with Crippen LogP contribution in [0.15, 0.2) is 23.6 Å². The van der Waals surface area contributed by atoms with Gasteiger partial charge in [-0.2, -0.15) is 0 Å². The molecule has 11 nitrogen and oxygen atoms in total. The molecule has 1 aromatic heterocycles. The van der Waals surface area contributed by atoms with Crippen LogP contribution < -0.4 is 11.1 Å². The Balaban J connectivity index is 0.00000154. The van der Waals surface area contributed by atoms with E-state index in [0.717, 1.165) is 45.6 Å². The summed E-state index contributed by atoms with van der Waals surface area (Å²) in [6.07, 6.45) is 11.4. The van der Waals surface area contributed by atoms with Crippen LogP contribution >= 0.6 is 11.3 Å². The number of rotatable bonds is 22. The SMILES string of the molecule is CCCCCCN(C(=O)CCCC)C(CC(OCC)c1nc(C(=O)NC(Cc2ccc(N)c(F)c2)CC(C)(C)C(=O)O)cs1)C(C)C.CN1CCCCC1.CO. The molecule has 1 aliphatic rings. The van der Waals surface area contributed by atoms with Gasteiger partial charge in [-0.05, 0) is 103 Å². The van der Waals surface area contributed by atoms with E-state index in [9.17, 15) is 23.9 Å². The largest absolute Gasteiger partial charge is 0.481 e. The molecule has 0 saturated carbocycles. The molecule has 1 aromatic carbocycles. The van der Waals surface area contributed by atoms with E-state index in [4.69, 9.17) is 15.6 Å². The summed E-state index contributed by atoms with van der Waals surface area (Å²) in [6, 6.07) is 3.78. The molecule has 1 aliphatic heterocycles. The number of aliphatic carboxylic acids is 1. The maximum absolute atomic E-state index is 14.2. The van der Waals surface area contributed by atoms with Crippen molar-refractivity contribution in [2.45, 2.75) is 150 Å². The van der Waals surface area contributed by atoms with Gasteiger partial charge in [0.25, 0.3) is 5.91 Å². The molecule has 1 saturated heterocycles. The number of aliphatic hydroxyl groups excluding tert-OH is 1. The van der Waals surface area contributed by atoms with Crippen LogP contribution in [0.3, 0.4) is 0 Å². The zero-order chi connectivity index (χ0) is 42.3. The van der Waals surface area contributed by atoms with Gasteiger partial charge in [0.2, 0.25) is 5.91 Å². The molecule has 3 rings (SSSR count). The summed E-state index contributed by atoms with van der Waals surface area (Å²) in [6.45, 7) is 17.4. The van der Waals surface area contributed by atoms with Crippen molar-refractivity contribution in [1.29, 1.82) is 0 Å². The number of carbonyl (C=O) groups is 3. The molecule has 5 N–H and O–H groups in total. The number of hydrogen-bond donors (Lipinski definition) is 4. The average molecular weight is 808 g/mol. The smallest absolute Gasteiger partial charge is 0.309 e. The molecule has 320 valence electrons. The lowest BCUT2D eigenvalue weighted by atomic mass is 9.84. The lowest BCUT2D eigenvalue weighted by Gasteiger charge is -2.36. The summed E-state index contributed by atoms with van der Waals surface area (Å²) in [4.78, 5) is 48.0. The number of likely N-dealkylation sites (tertiary alicyclic amines) is 1. The van der Waals surface area contributed by atoms with Crippen LogP contribution in [0.4, 0.5) is 10.1 Å². The zero-order valence-corrected chi connectivity index (χ0v) is 36.7. The Labute approximate surface area is 341 Å². The number of thiazole rings is 1. The van der Waals surface area contributed by atoms with Crippen LogP contribution in [-0.2, 0) is 20.7 Å². The number of ether oxygens (including phenoxy) is 1. The average Bonchev–Trinajstić information content (AvgIpc) is 3.66. The number of hydrogen-bond acceptors (Lipinski definition) is 9. The first-order valence-corrected chi connectivity index (χ1v) is 21.6. The first kappa shape index (κ1) is 50.9. The molecule has 56 heavy (non-hydrogen) atoms. The first-order chi connectivity index (χ1) is 26.6. The fourth-order valence-corrected chi connectivity index (χ4v) is 7.65. The van der Waals surface area contributed by atoms with E-state index < -0.39 is 35.3 Å². The van der Waals surface area contributed by atoms with Gasteiger partial charge in [-0.1, -0.05) is 65.9 Å². The summed E-state index contributed by atoms with van der Waals surface area (Å²) in [7, 11) is 3.19. The molecule has 2 heterocycles. The second kappa shape index (κ2) is 27.5. The fourth-order valence-electron chi connectivity index (χ4n) is 6.79. The number of amides is 2. The molecule has 13 heteroatoms. The maximum Gasteiger partial charge on any atom is 0.309 e. The number of halogens is 1. The number of nitrogens with zero attached hydrogens (tertiary/aromatic N) is 3. The second-order valence-electron chi connectivity index (χ2n) is 15.8. The van der Waals surface area contributed by atoms with Crippen molar-refractivity contribution in [1.82, 2.24) is 20.1 Å². The van der Waals surface area contributed by atoms with Gasteiger partial charge >= 0.3 is 5.97 Å². The molecule has 0 spiro atoms. The van der Waals surface area contributed by atoms with Crippen molar-refractivity contribution < 1.29 is 33.7 Å². The molecule has 3 unspecified atom stereocenters. The summed E-state index contributed by atoms with van der Waals surface area (Å²) in [5.41, 5.74) is 5.31. The number of nitrogen functional groups attached to an aromatic ring is 1. The van der Waals surface area contributed by atoms with Gasteiger partial charge in [-0.25, -0.2) is 9.37 Å². The van der Waals surface area contributed by atoms with E-state index in [1.807, 2.05) is 6.92 Å². The van der Waals surface area contributed by atoms with Gasteiger partial charge in [0.05, 0.1) is 11.1 Å². The number of aliphatic hydroxyl groups is 1. The quantitative estimate of drug-likeness (QED) is 0.0676. The number of carboxylic acid groups (broad SMARTS) is 1. The highest BCUT2D eigenvalue weighted by Gasteiger charge is 2.33. The Bertz CT molecular complexity index is 1420. The highest BCUT2D eigenvalue weighted by atomic mass is 32.1. The number of carboxylic acids is 1. The van der Waals surface area contributed by atoms with Gasteiger partial charge in [0.15, 0.2) is 0 Å². The number of anilines is 1. The molecule has 0 radical (unpaired) electrons. The number of nitrogens with two attached hydrogens (primary N) is 1. The van der Waals surface area contributed by atoms with E-state index in [1.54, 1.807) is 25.3 Å². The second-order valence-corrected chi connectivity index (χ2v) is 16.7. The first-order valence-electron chi connectivity index (χ1n) is 20.7. The minimum absolute atomic E-state index is 0.0173. The summed E-state index contributed by atoms with van der Waals surface area (Å²) < 4.78 is 20.4. The molecule has 1 fully saturated rings. The predicted molar refractivity (Wildman–Crippen MR) is 226 cm³/mol. The zero-order valence-electron chi connectivity index (χ0n) is 35.9. The third-order valence-corrected chi connectivity index (χ3v) is 11.1. The van der Waals surface area contributed by atoms with E-state index >= 15 is 0 Å². The van der Waals surface area contributed by atoms with Crippen LogP contribution in [0.25, 0.3) is 0 Å². The minimum Gasteiger partial charge on any atom is -0.481 e. The summed E-state index contributed by atoms with van der Waals surface area (Å²) >= 11 is 1.33. The molecule has 0 aliphatic carbocycles. The third-order valence-electron chi connectivity index (χ3n) is 10.1. The molecule has 2 amide bonds. The monoisotopic (exact) mass is 808 g/mol. The Hall–Kier alpha value is -3.13. The van der Waals surface area contributed by atoms with Crippen molar-refractivity contribution in [3.05, 3.63) is 45.7 Å². The number of nitrogens with one attached hydrogen (secondary N) is 1. The van der Waals surface area contributed by atoms with Gasteiger partial charge in [0.1, 0.15) is 22.6 Å². The molecule has 3 atom stereocenters.